The third-order valence-corrected chi connectivity index (χ3v) is 7.28. The van der Waals surface area contributed by atoms with Crippen LogP contribution in [0.15, 0.2) is 24.3 Å². The van der Waals surface area contributed by atoms with Crippen LogP contribution in [0.25, 0.3) is 22.6 Å². The first-order chi connectivity index (χ1) is 16.4. The Kier molecular flexibility index (Phi) is 5.61. The van der Waals surface area contributed by atoms with Crippen LogP contribution in [0.4, 0.5) is 0 Å². The normalized spacial score (nSPS) is 21.8. The molecule has 8 nitrogen and oxygen atoms in total. The van der Waals surface area contributed by atoms with Gasteiger partial charge >= 0.3 is 5.97 Å². The first-order valence-corrected chi connectivity index (χ1v) is 11.7. The highest BCUT2D eigenvalue weighted by Gasteiger charge is 2.41. The Morgan fingerprint density at radius 1 is 1.15 bits per heavy atom. The molecule has 2 aromatic heterocycles. The number of benzene rings is 1. The van der Waals surface area contributed by atoms with E-state index in [0.717, 1.165) is 43.0 Å². The van der Waals surface area contributed by atoms with E-state index in [9.17, 15) is 10.1 Å². The maximum atomic E-state index is 12.3. The number of hydrogen-bond donors (Lipinski definition) is 0. The predicted octanol–water partition coefficient (Wildman–Crippen LogP) is 4.40. The molecule has 2 aliphatic carbocycles. The number of nitrogens with zero attached hydrogens (tertiary/aromatic N) is 4. The van der Waals surface area contributed by atoms with Gasteiger partial charge in [-0.2, -0.15) is 5.26 Å². The van der Waals surface area contributed by atoms with Crippen LogP contribution in [0, 0.1) is 23.2 Å². The number of nitriles is 1. The van der Waals surface area contributed by atoms with Crippen LogP contribution in [0.2, 0.25) is 0 Å². The number of fused-ring (bicyclic) bond motifs is 1. The van der Waals surface area contributed by atoms with Crippen molar-refractivity contribution in [3.8, 4) is 23.3 Å². The Hall–Kier alpha value is -3.31. The van der Waals surface area contributed by atoms with E-state index < -0.39 is 5.97 Å². The molecule has 0 N–H and O–H groups in total. The quantitative estimate of drug-likeness (QED) is 0.461. The van der Waals surface area contributed by atoms with E-state index in [0.29, 0.717) is 34.4 Å². The Morgan fingerprint density at radius 2 is 1.88 bits per heavy atom. The lowest BCUT2D eigenvalue weighted by atomic mass is 9.72. The first-order valence-electron chi connectivity index (χ1n) is 11.7. The summed E-state index contributed by atoms with van der Waals surface area (Å²) in [5.41, 5.74) is 3.36. The van der Waals surface area contributed by atoms with E-state index in [1.165, 1.54) is 20.0 Å². The molecule has 0 radical (unpaired) electrons. The Balaban J connectivity index is 1.67. The summed E-state index contributed by atoms with van der Waals surface area (Å²) < 4.78 is 20.6. The minimum Gasteiger partial charge on any atom is -0.494 e. The van der Waals surface area contributed by atoms with Gasteiger partial charge in [0.25, 0.3) is 0 Å². The number of aromatic nitrogens is 3. The Morgan fingerprint density at radius 3 is 2.50 bits per heavy atom. The number of rotatable bonds is 8. The number of esters is 1. The van der Waals surface area contributed by atoms with Crippen LogP contribution >= 0.6 is 0 Å². The van der Waals surface area contributed by atoms with Crippen molar-refractivity contribution >= 4 is 17.0 Å². The van der Waals surface area contributed by atoms with Gasteiger partial charge in [-0.1, -0.05) is 0 Å². The van der Waals surface area contributed by atoms with Crippen LogP contribution in [0.3, 0.4) is 0 Å². The largest absolute Gasteiger partial charge is 0.494 e. The van der Waals surface area contributed by atoms with E-state index in [4.69, 9.17) is 19.2 Å². The van der Waals surface area contributed by atoms with Crippen molar-refractivity contribution in [2.75, 3.05) is 21.3 Å². The molecule has 2 heterocycles. The van der Waals surface area contributed by atoms with Gasteiger partial charge in [0.05, 0.1) is 36.6 Å². The summed E-state index contributed by atoms with van der Waals surface area (Å²) in [4.78, 5) is 17.3. The Labute approximate surface area is 199 Å². The lowest BCUT2D eigenvalue weighted by molar-refractivity contribution is -0.0937. The second-order valence-corrected chi connectivity index (χ2v) is 9.78. The SMILES string of the molecule is COC(=O)c1cc(OC)c2c(c1)nc(-c1ccc(C#N)n1CC1CC1)n2CC1CC(C)(OC)C1. The molecule has 0 bridgehead atoms. The monoisotopic (exact) mass is 462 g/mol. The van der Waals surface area contributed by atoms with Crippen LogP contribution in [-0.2, 0) is 22.6 Å². The summed E-state index contributed by atoms with van der Waals surface area (Å²) in [5.74, 6) is 1.95. The summed E-state index contributed by atoms with van der Waals surface area (Å²) in [6.07, 6.45) is 4.29. The zero-order valence-corrected chi connectivity index (χ0v) is 20.1. The van der Waals surface area contributed by atoms with Crippen molar-refractivity contribution < 1.29 is 19.0 Å². The van der Waals surface area contributed by atoms with Crippen LogP contribution in [-0.4, -0.2) is 47.0 Å². The Bertz CT molecular complexity index is 1290. The molecule has 1 aromatic carbocycles. The molecule has 0 amide bonds. The second-order valence-electron chi connectivity index (χ2n) is 9.78. The molecule has 2 saturated carbocycles. The van der Waals surface area contributed by atoms with Crippen LogP contribution in [0.5, 0.6) is 5.75 Å². The zero-order valence-electron chi connectivity index (χ0n) is 20.1. The maximum absolute atomic E-state index is 12.3. The van der Waals surface area contributed by atoms with Gasteiger partial charge in [0.1, 0.15) is 23.0 Å². The minimum absolute atomic E-state index is 0.0937. The second kappa shape index (κ2) is 8.48. The molecule has 34 heavy (non-hydrogen) atoms. The van der Waals surface area contributed by atoms with Crippen molar-refractivity contribution in [2.24, 2.45) is 11.8 Å². The van der Waals surface area contributed by atoms with E-state index in [1.54, 1.807) is 26.4 Å². The van der Waals surface area contributed by atoms with E-state index >= 15 is 0 Å². The fourth-order valence-electron chi connectivity index (χ4n) is 5.23. The lowest BCUT2D eigenvalue weighted by Crippen LogP contribution is -2.44. The molecule has 178 valence electrons. The van der Waals surface area contributed by atoms with Crippen molar-refractivity contribution in [1.82, 2.24) is 14.1 Å². The third-order valence-electron chi connectivity index (χ3n) is 7.28. The molecule has 2 aliphatic rings. The van der Waals surface area contributed by atoms with Gasteiger partial charge in [0.2, 0.25) is 0 Å². The molecule has 5 rings (SSSR count). The summed E-state index contributed by atoms with van der Waals surface area (Å²) >= 11 is 0. The number of methoxy groups -OCH3 is 3. The van der Waals surface area contributed by atoms with Gasteiger partial charge in [0, 0.05) is 20.2 Å². The molecule has 0 spiro atoms. The highest BCUT2D eigenvalue weighted by Crippen LogP contribution is 2.43. The molecule has 0 atom stereocenters. The number of carbonyl (C=O) groups excluding carboxylic acids is 1. The van der Waals surface area contributed by atoms with Crippen molar-refractivity contribution in [2.45, 2.75) is 51.3 Å². The van der Waals surface area contributed by atoms with Gasteiger partial charge in [-0.05, 0) is 68.7 Å². The molecule has 2 fully saturated rings. The number of imidazole rings is 1. The minimum atomic E-state index is -0.435. The first kappa shape index (κ1) is 22.5. The third kappa shape index (κ3) is 3.84. The molecule has 0 aliphatic heterocycles. The summed E-state index contributed by atoms with van der Waals surface area (Å²) in [6, 6.07) is 9.64. The van der Waals surface area contributed by atoms with Gasteiger partial charge in [-0.3, -0.25) is 0 Å². The molecular weight excluding hydrogens is 432 g/mol. The summed E-state index contributed by atoms with van der Waals surface area (Å²) in [7, 11) is 4.72. The van der Waals surface area contributed by atoms with Crippen molar-refractivity contribution in [1.29, 1.82) is 5.26 Å². The van der Waals surface area contributed by atoms with Crippen molar-refractivity contribution in [3.63, 3.8) is 0 Å². The average Bonchev–Trinajstić information content (AvgIpc) is 3.45. The van der Waals surface area contributed by atoms with E-state index in [1.807, 2.05) is 12.1 Å². The predicted molar refractivity (Wildman–Crippen MR) is 127 cm³/mol. The van der Waals surface area contributed by atoms with Gasteiger partial charge in [-0.25, -0.2) is 9.78 Å². The smallest absolute Gasteiger partial charge is 0.338 e. The highest BCUT2D eigenvalue weighted by atomic mass is 16.5. The van der Waals surface area contributed by atoms with E-state index in [2.05, 4.69) is 22.1 Å². The fraction of sp³-hybridized carbons (Fsp3) is 0.500. The lowest BCUT2D eigenvalue weighted by Gasteiger charge is -2.44. The zero-order chi connectivity index (χ0) is 24.0. The molecular formula is C26H30N4O4. The van der Waals surface area contributed by atoms with Gasteiger partial charge < -0.3 is 23.3 Å². The average molecular weight is 463 g/mol. The topological polar surface area (TPSA) is 91.3 Å². The van der Waals surface area contributed by atoms with Gasteiger partial charge in [-0.15, -0.1) is 0 Å². The van der Waals surface area contributed by atoms with Crippen LogP contribution < -0.4 is 4.74 Å². The number of ether oxygens (including phenoxy) is 3. The fourth-order valence-corrected chi connectivity index (χ4v) is 5.23. The maximum Gasteiger partial charge on any atom is 0.338 e. The van der Waals surface area contributed by atoms with Crippen LogP contribution in [0.1, 0.15) is 48.7 Å². The van der Waals surface area contributed by atoms with E-state index in [-0.39, 0.29) is 5.60 Å². The van der Waals surface area contributed by atoms with Crippen molar-refractivity contribution in [3.05, 3.63) is 35.5 Å². The number of hydrogen-bond acceptors (Lipinski definition) is 6. The molecule has 8 heteroatoms. The summed E-state index contributed by atoms with van der Waals surface area (Å²) in [6.45, 7) is 3.69. The standard InChI is InChI=1S/C26H30N4O4/c1-26(34-4)11-17(12-26)15-30-23-20(9-18(25(31)33-3)10-22(23)32-2)28-24(30)21-8-7-19(13-27)29(21)14-16-5-6-16/h7-10,16-17H,5-6,11-12,14-15H2,1-4H3. The highest BCUT2D eigenvalue weighted by molar-refractivity contribution is 5.97. The number of carbonyl (C=O) groups is 1. The molecule has 0 saturated heterocycles. The molecule has 3 aromatic rings. The molecule has 0 unspecified atom stereocenters. The summed E-state index contributed by atoms with van der Waals surface area (Å²) in [5, 5.41) is 9.72. The van der Waals surface area contributed by atoms with Gasteiger partial charge in [0.15, 0.2) is 5.82 Å².